The third kappa shape index (κ3) is 4.83. The van der Waals surface area contributed by atoms with Gasteiger partial charge in [0.1, 0.15) is 11.2 Å². The van der Waals surface area contributed by atoms with E-state index in [2.05, 4.69) is 37.7 Å². The van der Waals surface area contributed by atoms with Gasteiger partial charge < -0.3 is 8.98 Å². The summed E-state index contributed by atoms with van der Waals surface area (Å²) in [4.78, 5) is 13.2. The van der Waals surface area contributed by atoms with Crippen molar-refractivity contribution >= 4 is 54.5 Å². The Morgan fingerprint density at radius 2 is 1.19 bits per heavy atom. The largest absolute Gasteiger partial charge is 0.456 e. The highest BCUT2D eigenvalue weighted by Gasteiger charge is 2.19. The van der Waals surface area contributed by atoms with Gasteiger partial charge in [-0.1, -0.05) is 139 Å². The molecule has 0 fully saturated rings. The maximum Gasteiger partial charge on any atom is 0.164 e. The van der Waals surface area contributed by atoms with E-state index in [4.69, 9.17) is 20.9 Å². The molecule has 3 heterocycles. The first-order valence-corrected chi connectivity index (χ1v) is 16.8. The summed E-state index contributed by atoms with van der Waals surface area (Å²) in [5, 5.41) is 3.71. The fourth-order valence-corrected chi connectivity index (χ4v) is 7.01. The van der Waals surface area contributed by atoms with Gasteiger partial charge in [-0.25, -0.2) is 15.0 Å². The topological polar surface area (TPSA) is 56.7 Å². The Hall–Kier alpha value is -7.37. The number of nitrogens with zero attached hydrogens (tertiary/aromatic N) is 4. The van der Waals surface area contributed by atoms with Crippen molar-refractivity contribution in [1.82, 2.24) is 19.5 Å². The van der Waals surface area contributed by atoms with Crippen molar-refractivity contribution < 1.29 is 26.3 Å². The van der Waals surface area contributed by atoms with Crippen LogP contribution in [0.25, 0.3) is 105 Å². The van der Waals surface area contributed by atoms with Gasteiger partial charge in [0.2, 0.25) is 0 Å². The Kier molecular flexibility index (Phi) is 4.13. The smallest absolute Gasteiger partial charge is 0.164 e. The quantitative estimate of drug-likeness (QED) is 0.179. The number of fused-ring (bicyclic) bond motifs is 8. The molecule has 0 bridgehead atoms. The van der Waals surface area contributed by atoms with Crippen molar-refractivity contribution in [2.24, 2.45) is 0 Å². The zero-order valence-electron chi connectivity index (χ0n) is 43.8. The Morgan fingerprint density at radius 3 is 1.98 bits per heavy atom. The van der Waals surface area contributed by atoms with Crippen LogP contribution in [0.1, 0.15) is 21.9 Å². The fraction of sp³-hybridized carbons (Fsp3) is 0. The van der Waals surface area contributed by atoms with Gasteiger partial charge >= 0.3 is 0 Å². The van der Waals surface area contributed by atoms with Crippen molar-refractivity contribution in [2.75, 3.05) is 0 Å². The monoisotopic (exact) mass is 706 g/mol. The maximum absolute atomic E-state index is 9.61. The number of para-hydroxylation sites is 1. The van der Waals surface area contributed by atoms with Crippen molar-refractivity contribution in [3.8, 4) is 51.0 Å². The lowest BCUT2D eigenvalue weighted by atomic mass is 10.0. The van der Waals surface area contributed by atoms with E-state index in [0.717, 1.165) is 32.6 Å². The van der Waals surface area contributed by atoms with Crippen LogP contribution in [0.2, 0.25) is 0 Å². The number of benzene rings is 8. The van der Waals surface area contributed by atoms with E-state index in [1.165, 1.54) is 0 Å². The number of aromatic nitrogens is 4. The van der Waals surface area contributed by atoms with E-state index in [1.54, 1.807) is 18.2 Å². The van der Waals surface area contributed by atoms with Crippen LogP contribution < -0.4 is 0 Å². The minimum Gasteiger partial charge on any atom is -0.456 e. The highest BCUT2D eigenvalue weighted by Crippen LogP contribution is 2.40. The molecule has 0 aliphatic heterocycles. The van der Waals surface area contributed by atoms with Gasteiger partial charge in [-0.15, -0.1) is 0 Å². The molecule has 0 amide bonds. The van der Waals surface area contributed by atoms with Crippen molar-refractivity contribution in [3.05, 3.63) is 182 Å². The Morgan fingerprint density at radius 1 is 0.463 bits per heavy atom. The predicted molar refractivity (Wildman–Crippen MR) is 221 cm³/mol. The van der Waals surface area contributed by atoms with Crippen molar-refractivity contribution in [1.29, 1.82) is 0 Å². The molecule has 0 aliphatic carbocycles. The molecule has 0 saturated heterocycles. The summed E-state index contributed by atoms with van der Waals surface area (Å²) in [6.07, 6.45) is 0. The molecule has 11 rings (SSSR count). The molecule has 0 aliphatic rings. The number of furan rings is 1. The first-order valence-electron chi connectivity index (χ1n) is 24.8. The van der Waals surface area contributed by atoms with E-state index < -0.39 is 130 Å². The summed E-state index contributed by atoms with van der Waals surface area (Å²) in [6, 6.07) is 16.3. The Bertz CT molecular complexity index is 4020. The van der Waals surface area contributed by atoms with Gasteiger partial charge in [-0.2, -0.15) is 0 Å². The van der Waals surface area contributed by atoms with E-state index in [9.17, 15) is 5.48 Å². The highest BCUT2D eigenvalue weighted by atomic mass is 16.3. The summed E-state index contributed by atoms with van der Waals surface area (Å²) in [5.41, 5.74) is 0.644. The normalized spacial score (nSPS) is 15.9. The van der Waals surface area contributed by atoms with E-state index >= 15 is 0 Å². The molecule has 252 valence electrons. The summed E-state index contributed by atoms with van der Waals surface area (Å²) < 4.78 is 149. The van der Waals surface area contributed by atoms with Crippen LogP contribution in [-0.4, -0.2) is 19.5 Å². The minimum absolute atomic E-state index is 0.00186. The summed E-state index contributed by atoms with van der Waals surface area (Å²) in [6.45, 7) is 0. The molecule has 0 saturated carbocycles. The van der Waals surface area contributed by atoms with Crippen LogP contribution in [0.4, 0.5) is 0 Å². The maximum atomic E-state index is 9.61. The van der Waals surface area contributed by atoms with Crippen LogP contribution in [0.3, 0.4) is 0 Å². The number of rotatable bonds is 5. The van der Waals surface area contributed by atoms with Crippen molar-refractivity contribution in [3.63, 3.8) is 0 Å². The molecule has 0 spiro atoms. The third-order valence-corrected chi connectivity index (χ3v) is 9.33. The van der Waals surface area contributed by atoms with Gasteiger partial charge in [0.05, 0.1) is 33.0 Å². The summed E-state index contributed by atoms with van der Waals surface area (Å²) in [5.74, 6) is -1.88. The second-order valence-electron chi connectivity index (χ2n) is 12.4. The highest BCUT2D eigenvalue weighted by molar-refractivity contribution is 6.21. The van der Waals surface area contributed by atoms with E-state index in [-0.39, 0.29) is 28.0 Å². The zero-order valence-corrected chi connectivity index (χ0v) is 27.8. The lowest BCUT2D eigenvalue weighted by Gasteiger charge is -2.11. The molecule has 8 aromatic carbocycles. The molecule has 5 heteroatoms. The standard InChI is InChI=1S/C49H30N4O/c1-3-14-32(15-4-1)47-50-48(33-16-5-2-6-17-33)52-49(51-47)40-22-12-24-43-46(40)39-27-25-35(30-44(39)54-43)34-18-11-19-36(29-34)53-41-23-10-9-21-38(41)45-37-20-8-7-13-31(37)26-28-42(45)53/h1-30H/i1D,2D,3D,4D,5D,6D,12D,14D,15D,16D,17D,22D,24D,25D,27D,30D. The lowest BCUT2D eigenvalue weighted by molar-refractivity contribution is 0.669. The average Bonchev–Trinajstić information content (AvgIpc) is 3.93. The molecule has 3 aromatic heterocycles. The molecule has 5 nitrogen and oxygen atoms in total. The van der Waals surface area contributed by atoms with Gasteiger partial charge in [0.15, 0.2) is 17.5 Å². The molecular formula is C49H30N4O. The minimum atomic E-state index is -0.770. The first kappa shape index (κ1) is 18.4. The SMILES string of the molecule is [2H]c1c([2H])c([2H])c(-c2nc(-c3c([2H])c([2H])c([2H])c([2H])c3[2H])nc(-c3c([2H])c([2H])c([2H])c4oc5c([2H])c(-c6cccc(-n7c8ccccc8c8c9ccccc9ccc87)c6)c([2H])c([2H])c5c34)n2)c([2H])c1[2H]. The first-order chi connectivity index (χ1) is 33.4. The number of hydrogen-bond donors (Lipinski definition) is 0. The van der Waals surface area contributed by atoms with E-state index in [1.807, 2.05) is 48.5 Å². The molecule has 11 aromatic rings. The van der Waals surface area contributed by atoms with Gasteiger partial charge in [0.25, 0.3) is 0 Å². The molecule has 0 radical (unpaired) electrons. The van der Waals surface area contributed by atoms with Crippen molar-refractivity contribution in [2.45, 2.75) is 0 Å². The predicted octanol–water partition coefficient (Wildman–Crippen LogP) is 12.7. The van der Waals surface area contributed by atoms with Crippen LogP contribution in [0.15, 0.2) is 186 Å². The van der Waals surface area contributed by atoms with Gasteiger partial charge in [0, 0.05) is 43.9 Å². The second-order valence-corrected chi connectivity index (χ2v) is 12.4. The lowest BCUT2D eigenvalue weighted by Crippen LogP contribution is -2.00. The van der Waals surface area contributed by atoms with E-state index in [0.29, 0.717) is 11.3 Å². The summed E-state index contributed by atoms with van der Waals surface area (Å²) in [7, 11) is 0. The fourth-order valence-electron chi connectivity index (χ4n) is 7.01. The Balaban J connectivity index is 1.19. The van der Waals surface area contributed by atoms with Crippen LogP contribution in [-0.2, 0) is 0 Å². The average molecular weight is 707 g/mol. The number of hydrogen-bond acceptors (Lipinski definition) is 4. The molecule has 54 heavy (non-hydrogen) atoms. The van der Waals surface area contributed by atoms with Gasteiger partial charge in [-0.3, -0.25) is 0 Å². The molecule has 0 unspecified atom stereocenters. The zero-order chi connectivity index (χ0) is 49.5. The van der Waals surface area contributed by atoms with Crippen LogP contribution in [0.5, 0.6) is 0 Å². The van der Waals surface area contributed by atoms with Gasteiger partial charge in [-0.05, 0) is 64.3 Å². The molecule has 0 N–H and O–H groups in total. The molecular weight excluding hydrogens is 661 g/mol. The third-order valence-electron chi connectivity index (χ3n) is 9.33. The Labute approximate surface area is 332 Å². The second kappa shape index (κ2) is 12.1. The van der Waals surface area contributed by atoms with Crippen LogP contribution in [0, 0.1) is 0 Å². The molecule has 0 atom stereocenters. The van der Waals surface area contributed by atoms with Crippen LogP contribution >= 0.6 is 0 Å². The summed E-state index contributed by atoms with van der Waals surface area (Å²) >= 11 is 0.